The number of hydrogen-bond donors (Lipinski definition) is 1. The van der Waals surface area contributed by atoms with Gasteiger partial charge in [0.1, 0.15) is 0 Å². The number of carbonyl (C=O) groups excluding carboxylic acids is 2. The minimum absolute atomic E-state index is 0.00797. The van der Waals surface area contributed by atoms with Gasteiger partial charge < -0.3 is 14.6 Å². The van der Waals surface area contributed by atoms with Crippen LogP contribution in [0.3, 0.4) is 0 Å². The molecule has 5 nitrogen and oxygen atoms in total. The predicted molar refractivity (Wildman–Crippen MR) is 124 cm³/mol. The van der Waals surface area contributed by atoms with E-state index in [4.69, 9.17) is 9.47 Å². The van der Waals surface area contributed by atoms with E-state index in [2.05, 4.69) is 0 Å². The van der Waals surface area contributed by atoms with E-state index in [-0.39, 0.29) is 18.0 Å². The van der Waals surface area contributed by atoms with E-state index < -0.39 is 5.60 Å². The Balaban J connectivity index is 2.34. The van der Waals surface area contributed by atoms with Crippen LogP contribution < -0.4 is 9.47 Å². The lowest BCUT2D eigenvalue weighted by Crippen LogP contribution is -2.23. The summed E-state index contributed by atoms with van der Waals surface area (Å²) in [4.78, 5) is 25.4. The van der Waals surface area contributed by atoms with E-state index in [9.17, 15) is 14.7 Å². The van der Waals surface area contributed by atoms with Crippen LogP contribution in [0.15, 0.2) is 48.0 Å². The molecule has 3 aromatic carbocycles. The van der Waals surface area contributed by atoms with Crippen molar-refractivity contribution in [2.75, 3.05) is 14.2 Å². The molecule has 0 fully saturated rings. The number of Topliss-reactive ketones (excluding diaryl/α,β-unsaturated/α-hetero) is 1. The van der Waals surface area contributed by atoms with E-state index >= 15 is 0 Å². The minimum atomic E-state index is -1.10. The second-order valence-corrected chi connectivity index (χ2v) is 8.59. The lowest BCUT2D eigenvalue weighted by atomic mass is 9.92. The fraction of sp³-hybridized carbons (Fsp3) is 0.308. The highest BCUT2D eigenvalue weighted by atomic mass is 16.5. The summed E-state index contributed by atoms with van der Waals surface area (Å²) in [6.45, 7) is 6.97. The topological polar surface area (TPSA) is 72.8 Å². The smallest absolute Gasteiger partial charge is 0.185 e. The maximum absolute atomic E-state index is 12.7. The molecule has 0 aliphatic rings. The Bertz CT molecular complexity index is 1210. The molecule has 0 radical (unpaired) electrons. The molecule has 0 heterocycles. The lowest BCUT2D eigenvalue weighted by Gasteiger charge is -2.18. The van der Waals surface area contributed by atoms with Gasteiger partial charge in [-0.15, -0.1) is 0 Å². The maximum Gasteiger partial charge on any atom is 0.185 e. The number of ketones is 2. The molecule has 162 valence electrons. The Hall–Kier alpha value is -3.18. The van der Waals surface area contributed by atoms with Crippen molar-refractivity contribution >= 4 is 33.1 Å². The van der Waals surface area contributed by atoms with Crippen LogP contribution in [-0.2, 0) is 0 Å². The number of benzene rings is 3. The first-order valence-electron chi connectivity index (χ1n) is 10.1. The molecule has 0 aliphatic carbocycles. The third-order valence-electron chi connectivity index (χ3n) is 5.05. The van der Waals surface area contributed by atoms with Gasteiger partial charge in [0.05, 0.1) is 19.8 Å². The van der Waals surface area contributed by atoms with Crippen molar-refractivity contribution in [1.29, 1.82) is 0 Å². The average Bonchev–Trinajstić information content (AvgIpc) is 2.70. The largest absolute Gasteiger partial charge is 0.492 e. The molecule has 0 atom stereocenters. The van der Waals surface area contributed by atoms with Crippen LogP contribution in [0.1, 0.15) is 54.8 Å². The van der Waals surface area contributed by atoms with Gasteiger partial charge in [-0.25, -0.2) is 0 Å². The summed E-state index contributed by atoms with van der Waals surface area (Å²) in [6.07, 6.45) is 1.61. The highest BCUT2D eigenvalue weighted by Gasteiger charge is 2.22. The summed E-state index contributed by atoms with van der Waals surface area (Å²) in [5.74, 6) is 0.893. The number of allylic oxidation sites excluding steroid dienone is 2. The highest BCUT2D eigenvalue weighted by molar-refractivity contribution is 6.18. The van der Waals surface area contributed by atoms with Crippen LogP contribution >= 0.6 is 0 Å². The summed E-state index contributed by atoms with van der Waals surface area (Å²) in [6, 6.07) is 10.8. The SMILES string of the molecule is COc1c(OC)c2ccc(C(=O)CC(C)(C)O)cc2c2cc(C(=O)C=C(C)C)ccc12. The second-order valence-electron chi connectivity index (χ2n) is 8.59. The standard InChI is InChI=1S/C26H28O5/c1-15(2)11-22(27)16-7-9-18-20(12-16)21-13-17(23(28)14-26(3,4)29)8-10-19(21)25(31-6)24(18)30-5/h7-13,29H,14H2,1-6H3. The summed E-state index contributed by atoms with van der Waals surface area (Å²) < 4.78 is 11.3. The Morgan fingerprint density at radius 2 is 1.35 bits per heavy atom. The number of rotatable bonds is 7. The molecule has 0 bridgehead atoms. The first kappa shape index (κ1) is 22.5. The highest BCUT2D eigenvalue weighted by Crippen LogP contribution is 2.44. The third kappa shape index (κ3) is 4.62. The molecule has 0 unspecified atom stereocenters. The van der Waals surface area contributed by atoms with E-state index in [1.165, 1.54) is 0 Å². The molecule has 3 rings (SSSR count). The molecular weight excluding hydrogens is 392 g/mol. The van der Waals surface area contributed by atoms with Gasteiger partial charge in [0, 0.05) is 28.3 Å². The van der Waals surface area contributed by atoms with Crippen LogP contribution in [-0.4, -0.2) is 36.5 Å². The van der Waals surface area contributed by atoms with Gasteiger partial charge in [-0.1, -0.05) is 17.7 Å². The van der Waals surface area contributed by atoms with Crippen molar-refractivity contribution in [2.45, 2.75) is 39.7 Å². The zero-order chi connectivity index (χ0) is 22.9. The first-order chi connectivity index (χ1) is 14.6. The summed E-state index contributed by atoms with van der Waals surface area (Å²) in [5, 5.41) is 13.2. The van der Waals surface area contributed by atoms with Crippen molar-refractivity contribution in [2.24, 2.45) is 0 Å². The lowest BCUT2D eigenvalue weighted by molar-refractivity contribution is 0.0587. The number of ether oxygens (including phenoxy) is 2. The Labute approximate surface area is 182 Å². The first-order valence-corrected chi connectivity index (χ1v) is 10.1. The van der Waals surface area contributed by atoms with Crippen molar-refractivity contribution in [3.05, 3.63) is 59.2 Å². The molecule has 0 saturated heterocycles. The third-order valence-corrected chi connectivity index (χ3v) is 5.05. The maximum atomic E-state index is 12.7. The number of fused-ring (bicyclic) bond motifs is 3. The van der Waals surface area contributed by atoms with Gasteiger partial charge in [-0.2, -0.15) is 0 Å². The van der Waals surface area contributed by atoms with Crippen LogP contribution in [0.25, 0.3) is 21.5 Å². The fourth-order valence-corrected chi connectivity index (χ4v) is 3.75. The van der Waals surface area contributed by atoms with Gasteiger partial charge in [0.25, 0.3) is 0 Å². The number of aliphatic hydroxyl groups is 1. The Morgan fingerprint density at radius 3 is 1.81 bits per heavy atom. The molecule has 0 saturated carbocycles. The zero-order valence-corrected chi connectivity index (χ0v) is 18.8. The number of methoxy groups -OCH3 is 2. The molecule has 1 N–H and O–H groups in total. The quantitative estimate of drug-likeness (QED) is 0.310. The van der Waals surface area contributed by atoms with Gasteiger partial charge >= 0.3 is 0 Å². The summed E-state index contributed by atoms with van der Waals surface area (Å²) in [5.41, 5.74) is 0.858. The molecule has 31 heavy (non-hydrogen) atoms. The van der Waals surface area contributed by atoms with E-state index in [0.29, 0.717) is 22.6 Å². The van der Waals surface area contributed by atoms with Crippen LogP contribution in [0.2, 0.25) is 0 Å². The van der Waals surface area contributed by atoms with Crippen molar-refractivity contribution in [3.8, 4) is 11.5 Å². The molecule has 0 aliphatic heterocycles. The van der Waals surface area contributed by atoms with E-state index in [0.717, 1.165) is 27.1 Å². The van der Waals surface area contributed by atoms with Gasteiger partial charge in [-0.3, -0.25) is 9.59 Å². The predicted octanol–water partition coefficient (Wildman–Crippen LogP) is 5.50. The molecular formula is C26H28O5. The van der Waals surface area contributed by atoms with Crippen molar-refractivity contribution in [1.82, 2.24) is 0 Å². The van der Waals surface area contributed by atoms with E-state index in [1.54, 1.807) is 52.3 Å². The molecule has 0 spiro atoms. The van der Waals surface area contributed by atoms with Gasteiger partial charge in [0.15, 0.2) is 23.1 Å². The summed E-state index contributed by atoms with van der Waals surface area (Å²) >= 11 is 0. The fourth-order valence-electron chi connectivity index (χ4n) is 3.75. The number of carbonyl (C=O) groups is 2. The second kappa shape index (κ2) is 8.52. The monoisotopic (exact) mass is 420 g/mol. The van der Waals surface area contributed by atoms with Crippen LogP contribution in [0.4, 0.5) is 0 Å². The van der Waals surface area contributed by atoms with E-state index in [1.807, 2.05) is 32.0 Å². The van der Waals surface area contributed by atoms with Crippen LogP contribution in [0.5, 0.6) is 11.5 Å². The average molecular weight is 421 g/mol. The Kier molecular flexibility index (Phi) is 6.18. The van der Waals surface area contributed by atoms with Gasteiger partial charge in [0.2, 0.25) is 0 Å². The molecule has 5 heteroatoms. The zero-order valence-electron chi connectivity index (χ0n) is 18.8. The molecule has 0 amide bonds. The summed E-state index contributed by atoms with van der Waals surface area (Å²) in [7, 11) is 3.15. The Morgan fingerprint density at radius 1 is 0.871 bits per heavy atom. The van der Waals surface area contributed by atoms with Crippen molar-refractivity contribution < 1.29 is 24.2 Å². The normalized spacial score (nSPS) is 11.5. The minimum Gasteiger partial charge on any atom is -0.492 e. The van der Waals surface area contributed by atoms with Gasteiger partial charge in [-0.05, 0) is 68.8 Å². The number of hydrogen-bond acceptors (Lipinski definition) is 5. The van der Waals surface area contributed by atoms with Crippen LogP contribution in [0, 0.1) is 0 Å². The molecule has 3 aromatic rings. The molecule has 0 aromatic heterocycles. The van der Waals surface area contributed by atoms with Crippen molar-refractivity contribution in [3.63, 3.8) is 0 Å².